The highest BCUT2D eigenvalue weighted by atomic mass is 16.6. The molecule has 2 aliphatic rings. The first kappa shape index (κ1) is 43.4. The summed E-state index contributed by atoms with van der Waals surface area (Å²) < 4.78 is 11.0. The Balaban J connectivity index is 1.35. The average Bonchev–Trinajstić information content (AvgIpc) is 3.77. The smallest absolute Gasteiger partial charge is 0.411 e. The summed E-state index contributed by atoms with van der Waals surface area (Å²) in [6.45, 7) is 9.67. The summed E-state index contributed by atoms with van der Waals surface area (Å²) in [5.74, 6) is -2.30. The van der Waals surface area contributed by atoms with Crippen LogP contribution in [0.1, 0.15) is 66.4 Å². The number of hydrogen-bond donors (Lipinski definition) is 4. The van der Waals surface area contributed by atoms with Crippen molar-refractivity contribution in [2.75, 3.05) is 32.0 Å². The van der Waals surface area contributed by atoms with Crippen LogP contribution in [0.25, 0.3) is 10.9 Å². The van der Waals surface area contributed by atoms with Crippen LogP contribution in [-0.2, 0) is 35.1 Å². The van der Waals surface area contributed by atoms with E-state index in [1.165, 1.54) is 23.0 Å². The SMILES string of the molecule is CN(CC(=O)N[C@@H]1C[C@@H](C(=O)N2C[C@H](NC(=O)[C@H](O)CCc3ccccc3)C[C@H]2C(=O)Nc2cnc3ccccc3c2)N(C(=O)OC(C)(C)C)C1)C(=O)OC(C)(C)C. The number of amides is 6. The molecule has 2 aliphatic heterocycles. The van der Waals surface area contributed by atoms with Crippen LogP contribution in [0.3, 0.4) is 0 Å². The minimum absolute atomic E-state index is 0.0192. The number of nitrogens with zero attached hydrogens (tertiary/aromatic N) is 4. The topological polar surface area (TPSA) is 200 Å². The minimum atomic E-state index is -1.34. The van der Waals surface area contributed by atoms with E-state index in [-0.39, 0.29) is 38.9 Å². The van der Waals surface area contributed by atoms with Gasteiger partial charge in [-0.2, -0.15) is 0 Å². The van der Waals surface area contributed by atoms with Crippen molar-refractivity contribution in [2.24, 2.45) is 0 Å². The lowest BCUT2D eigenvalue weighted by molar-refractivity contribution is -0.140. The summed E-state index contributed by atoms with van der Waals surface area (Å²) in [6.07, 6.45) is -0.677. The van der Waals surface area contributed by atoms with E-state index in [9.17, 15) is 33.9 Å². The predicted octanol–water partition coefficient (Wildman–Crippen LogP) is 3.61. The normalized spacial score (nSPS) is 19.9. The molecule has 16 nitrogen and oxygen atoms in total. The maximum Gasteiger partial charge on any atom is 0.411 e. The van der Waals surface area contributed by atoms with Crippen LogP contribution in [0, 0.1) is 0 Å². The summed E-state index contributed by atoms with van der Waals surface area (Å²) in [5.41, 5.74) is 0.407. The zero-order valence-corrected chi connectivity index (χ0v) is 34.2. The maximum absolute atomic E-state index is 14.7. The fourth-order valence-electron chi connectivity index (χ4n) is 6.96. The van der Waals surface area contributed by atoms with Gasteiger partial charge in [0, 0.05) is 37.6 Å². The Hall–Kier alpha value is -5.77. The van der Waals surface area contributed by atoms with E-state index in [0.29, 0.717) is 12.1 Å². The van der Waals surface area contributed by atoms with Crippen LogP contribution in [0.4, 0.5) is 15.3 Å². The van der Waals surface area contributed by atoms with Gasteiger partial charge in [-0.3, -0.25) is 29.1 Å². The van der Waals surface area contributed by atoms with Crippen LogP contribution >= 0.6 is 0 Å². The number of rotatable bonds is 11. The number of carbonyl (C=O) groups excluding carboxylic acids is 6. The molecule has 6 amide bonds. The lowest BCUT2D eigenvalue weighted by Crippen LogP contribution is -2.53. The number of aryl methyl sites for hydroxylation is 1. The van der Waals surface area contributed by atoms with E-state index in [1.54, 1.807) is 47.6 Å². The molecule has 4 N–H and O–H groups in total. The third-order valence-electron chi connectivity index (χ3n) is 9.61. The number of likely N-dealkylation sites (N-methyl/N-ethyl adjacent to an activating group) is 1. The molecule has 312 valence electrons. The Bertz CT molecular complexity index is 1980. The molecule has 1 aromatic heterocycles. The Morgan fingerprint density at radius 1 is 0.845 bits per heavy atom. The van der Waals surface area contributed by atoms with Crippen molar-refractivity contribution in [1.29, 1.82) is 0 Å². The number of likely N-dealkylation sites (tertiary alicyclic amines) is 2. The van der Waals surface area contributed by atoms with Crippen LogP contribution in [0.5, 0.6) is 0 Å². The van der Waals surface area contributed by atoms with Crippen molar-refractivity contribution in [3.05, 3.63) is 72.4 Å². The molecule has 2 fully saturated rings. The van der Waals surface area contributed by atoms with E-state index in [1.807, 2.05) is 54.6 Å². The molecular formula is C42H55N7O9. The van der Waals surface area contributed by atoms with Gasteiger partial charge in [-0.05, 0) is 84.9 Å². The Morgan fingerprint density at radius 2 is 1.47 bits per heavy atom. The zero-order valence-electron chi connectivity index (χ0n) is 34.2. The Kier molecular flexibility index (Phi) is 13.6. The Morgan fingerprint density at radius 3 is 2.16 bits per heavy atom. The largest absolute Gasteiger partial charge is 0.444 e. The van der Waals surface area contributed by atoms with Gasteiger partial charge in [0.25, 0.3) is 0 Å². The van der Waals surface area contributed by atoms with Crippen LogP contribution in [0.15, 0.2) is 66.9 Å². The van der Waals surface area contributed by atoms with E-state index in [0.717, 1.165) is 21.4 Å². The number of hydrogen-bond acceptors (Lipinski definition) is 10. The molecule has 0 bridgehead atoms. The molecule has 0 saturated carbocycles. The standard InChI is InChI=1S/C42H55N7O9/c1-41(2,3)57-39(55)47(7)25-35(51)44-29-21-33(49(24-29)40(56)58-42(4,5)6)38(54)48-23-30(46-37(53)34(50)18-17-26-13-9-8-10-14-26)20-32(48)36(52)45-28-19-27-15-11-12-16-31(27)43-22-28/h8-16,19,22,29-30,32-34,50H,17-18,20-21,23-25H2,1-7H3,(H,44,51)(H,45,52)(H,46,53)/t29-,30-,32+,33+,34-/m1/s1. The van der Waals surface area contributed by atoms with Gasteiger partial charge in [0.15, 0.2) is 0 Å². The first-order valence-electron chi connectivity index (χ1n) is 19.5. The quantitative estimate of drug-likeness (QED) is 0.222. The van der Waals surface area contributed by atoms with Crippen molar-refractivity contribution in [3.63, 3.8) is 0 Å². The second-order valence-corrected chi connectivity index (χ2v) is 16.9. The summed E-state index contributed by atoms with van der Waals surface area (Å²) in [4.78, 5) is 89.3. The fraction of sp³-hybridized carbons (Fsp3) is 0.500. The number of aliphatic hydroxyl groups excluding tert-OH is 1. The van der Waals surface area contributed by atoms with Crippen molar-refractivity contribution in [1.82, 2.24) is 30.3 Å². The molecule has 0 radical (unpaired) electrons. The summed E-state index contributed by atoms with van der Waals surface area (Å²) >= 11 is 0. The van der Waals surface area contributed by atoms with E-state index in [2.05, 4.69) is 20.9 Å². The van der Waals surface area contributed by atoms with E-state index in [4.69, 9.17) is 9.47 Å². The monoisotopic (exact) mass is 801 g/mol. The lowest BCUT2D eigenvalue weighted by Gasteiger charge is -2.32. The number of fused-ring (bicyclic) bond motifs is 1. The number of anilines is 1. The highest BCUT2D eigenvalue weighted by Crippen LogP contribution is 2.29. The number of aliphatic hydroxyl groups is 1. The molecule has 16 heteroatoms. The van der Waals surface area contributed by atoms with Gasteiger partial charge >= 0.3 is 12.2 Å². The van der Waals surface area contributed by atoms with Crippen LogP contribution in [0.2, 0.25) is 0 Å². The summed E-state index contributed by atoms with van der Waals surface area (Å²) in [6, 6.07) is 14.9. The number of aromatic nitrogens is 1. The van der Waals surface area contributed by atoms with Crippen molar-refractivity contribution in [2.45, 2.75) is 109 Å². The molecule has 5 rings (SSSR count). The van der Waals surface area contributed by atoms with Gasteiger partial charge in [0.05, 0.1) is 17.4 Å². The van der Waals surface area contributed by atoms with Gasteiger partial charge in [-0.25, -0.2) is 9.59 Å². The number of carbonyl (C=O) groups is 6. The molecule has 58 heavy (non-hydrogen) atoms. The maximum atomic E-state index is 14.7. The predicted molar refractivity (Wildman–Crippen MR) is 215 cm³/mol. The number of para-hydroxylation sites is 1. The van der Waals surface area contributed by atoms with E-state index >= 15 is 0 Å². The molecule has 3 heterocycles. The van der Waals surface area contributed by atoms with Crippen LogP contribution < -0.4 is 16.0 Å². The molecular weight excluding hydrogens is 747 g/mol. The molecule has 0 aliphatic carbocycles. The highest BCUT2D eigenvalue weighted by Gasteiger charge is 2.48. The molecule has 0 spiro atoms. The van der Waals surface area contributed by atoms with Gasteiger partial charge in [0.1, 0.15) is 35.9 Å². The number of benzene rings is 2. The second-order valence-electron chi connectivity index (χ2n) is 16.9. The van der Waals surface area contributed by atoms with Crippen molar-refractivity contribution >= 4 is 52.4 Å². The molecule has 3 aromatic rings. The Labute approximate surface area is 338 Å². The molecule has 5 atom stereocenters. The van der Waals surface area contributed by atoms with E-state index < -0.39 is 77.3 Å². The van der Waals surface area contributed by atoms with Crippen LogP contribution in [-0.4, -0.2) is 129 Å². The summed E-state index contributed by atoms with van der Waals surface area (Å²) in [5, 5.41) is 20.1. The molecule has 2 aromatic carbocycles. The van der Waals surface area contributed by atoms with Gasteiger partial charge < -0.3 is 40.3 Å². The zero-order chi connectivity index (χ0) is 42.4. The van der Waals surface area contributed by atoms with Gasteiger partial charge in [-0.1, -0.05) is 48.5 Å². The number of nitrogens with one attached hydrogen (secondary N) is 3. The fourth-order valence-corrected chi connectivity index (χ4v) is 6.96. The first-order chi connectivity index (χ1) is 27.3. The average molecular weight is 802 g/mol. The summed E-state index contributed by atoms with van der Waals surface area (Å²) in [7, 11) is 1.42. The third kappa shape index (κ3) is 11.9. The number of ether oxygens (including phenoxy) is 2. The highest BCUT2D eigenvalue weighted by molar-refractivity contribution is 6.00. The minimum Gasteiger partial charge on any atom is -0.444 e. The van der Waals surface area contributed by atoms with Gasteiger partial charge in [-0.15, -0.1) is 0 Å². The van der Waals surface area contributed by atoms with Crippen molar-refractivity contribution < 1.29 is 43.3 Å². The lowest BCUT2D eigenvalue weighted by atomic mass is 10.1. The molecule has 2 saturated heterocycles. The van der Waals surface area contributed by atoms with Gasteiger partial charge in [0.2, 0.25) is 23.6 Å². The van der Waals surface area contributed by atoms with Crippen molar-refractivity contribution in [3.8, 4) is 0 Å². The third-order valence-corrected chi connectivity index (χ3v) is 9.61. The second kappa shape index (κ2) is 18.2. The molecule has 0 unspecified atom stereocenters. The number of pyridine rings is 1. The first-order valence-corrected chi connectivity index (χ1v) is 19.5.